The van der Waals surface area contributed by atoms with Gasteiger partial charge in [-0.05, 0) is 43.9 Å². The van der Waals surface area contributed by atoms with Crippen LogP contribution in [-0.2, 0) is 9.59 Å². The van der Waals surface area contributed by atoms with E-state index in [4.69, 9.17) is 11.6 Å². The lowest BCUT2D eigenvalue weighted by Gasteiger charge is -2.31. The highest BCUT2D eigenvalue weighted by molar-refractivity contribution is 8.01. The SMILES string of the molecule is O=C1Nc2cc(Cl)ccc2SC1CC(=O)N(C1CCCC1)C1CC1. The summed E-state index contributed by atoms with van der Waals surface area (Å²) in [5.74, 6) is 0.0553. The number of halogens is 1. The molecule has 1 heterocycles. The van der Waals surface area contributed by atoms with Crippen molar-refractivity contribution in [1.29, 1.82) is 0 Å². The van der Waals surface area contributed by atoms with Gasteiger partial charge in [-0.3, -0.25) is 9.59 Å². The van der Waals surface area contributed by atoms with Crippen molar-refractivity contribution < 1.29 is 9.59 Å². The smallest absolute Gasteiger partial charge is 0.238 e. The lowest BCUT2D eigenvalue weighted by molar-refractivity contribution is -0.135. The van der Waals surface area contributed by atoms with Crippen LogP contribution in [0.1, 0.15) is 44.9 Å². The summed E-state index contributed by atoms with van der Waals surface area (Å²) in [6.07, 6.45) is 7.19. The number of thioether (sulfide) groups is 1. The summed E-state index contributed by atoms with van der Waals surface area (Å²) in [5, 5.41) is 3.14. The highest BCUT2D eigenvalue weighted by Crippen LogP contribution is 2.40. The predicted octanol–water partition coefficient (Wildman–Crippen LogP) is 4.08. The second-order valence-corrected chi connectivity index (χ2v) is 8.59. The molecule has 0 aromatic heterocycles. The quantitative estimate of drug-likeness (QED) is 0.875. The number of rotatable bonds is 4. The number of fused-ring (bicyclic) bond motifs is 1. The van der Waals surface area contributed by atoms with Crippen LogP contribution in [0.3, 0.4) is 0 Å². The van der Waals surface area contributed by atoms with Gasteiger partial charge in [0.2, 0.25) is 11.8 Å². The minimum Gasteiger partial charge on any atom is -0.337 e. The number of hydrogen-bond donors (Lipinski definition) is 1. The highest BCUT2D eigenvalue weighted by atomic mass is 35.5. The fraction of sp³-hybridized carbons (Fsp3) is 0.556. The van der Waals surface area contributed by atoms with E-state index in [0.29, 0.717) is 17.1 Å². The largest absolute Gasteiger partial charge is 0.337 e. The molecule has 2 fully saturated rings. The lowest BCUT2D eigenvalue weighted by Crippen LogP contribution is -2.43. The zero-order valence-electron chi connectivity index (χ0n) is 13.5. The van der Waals surface area contributed by atoms with Crippen molar-refractivity contribution in [1.82, 2.24) is 4.90 Å². The average molecular weight is 365 g/mol. The number of benzene rings is 1. The molecule has 1 aromatic rings. The summed E-state index contributed by atoms with van der Waals surface area (Å²) in [7, 11) is 0. The molecule has 128 valence electrons. The number of carbonyl (C=O) groups is 2. The topological polar surface area (TPSA) is 49.4 Å². The Bertz CT molecular complexity index is 671. The predicted molar refractivity (Wildman–Crippen MR) is 96.5 cm³/mol. The number of hydrogen-bond acceptors (Lipinski definition) is 3. The van der Waals surface area contributed by atoms with Crippen LogP contribution in [0.4, 0.5) is 5.69 Å². The van der Waals surface area contributed by atoms with Gasteiger partial charge in [0.25, 0.3) is 0 Å². The average Bonchev–Trinajstić information content (AvgIpc) is 3.22. The first-order chi connectivity index (χ1) is 11.6. The zero-order chi connectivity index (χ0) is 16.7. The number of nitrogens with one attached hydrogen (secondary N) is 1. The summed E-state index contributed by atoms with van der Waals surface area (Å²) in [5.41, 5.74) is 0.746. The Morgan fingerprint density at radius 1 is 1.21 bits per heavy atom. The Morgan fingerprint density at radius 3 is 2.62 bits per heavy atom. The van der Waals surface area contributed by atoms with Gasteiger partial charge in [-0.2, -0.15) is 0 Å². The summed E-state index contributed by atoms with van der Waals surface area (Å²) < 4.78 is 0. The maximum atomic E-state index is 12.9. The van der Waals surface area contributed by atoms with Crippen LogP contribution in [0, 0.1) is 0 Å². The van der Waals surface area contributed by atoms with Crippen molar-refractivity contribution in [2.24, 2.45) is 0 Å². The van der Waals surface area contributed by atoms with Crippen molar-refractivity contribution in [2.75, 3.05) is 5.32 Å². The van der Waals surface area contributed by atoms with Crippen molar-refractivity contribution in [3.63, 3.8) is 0 Å². The highest BCUT2D eigenvalue weighted by Gasteiger charge is 2.40. The van der Waals surface area contributed by atoms with Gasteiger partial charge in [0, 0.05) is 28.4 Å². The van der Waals surface area contributed by atoms with Gasteiger partial charge in [-0.1, -0.05) is 24.4 Å². The van der Waals surface area contributed by atoms with E-state index in [1.807, 2.05) is 12.1 Å². The van der Waals surface area contributed by atoms with Crippen molar-refractivity contribution in [3.8, 4) is 0 Å². The van der Waals surface area contributed by atoms with E-state index < -0.39 is 0 Å². The van der Waals surface area contributed by atoms with Crippen LogP contribution in [0.2, 0.25) is 5.02 Å². The molecule has 4 nitrogen and oxygen atoms in total. The standard InChI is InChI=1S/C18H21ClN2O2S/c19-11-5-8-15-14(9-11)20-18(23)16(24-15)10-17(22)21(13-6-7-13)12-3-1-2-4-12/h5,8-9,12-13,16H,1-4,6-7,10H2,(H,20,23). The first-order valence-corrected chi connectivity index (χ1v) is 9.96. The van der Waals surface area contributed by atoms with Gasteiger partial charge in [0.05, 0.1) is 10.9 Å². The zero-order valence-corrected chi connectivity index (χ0v) is 15.0. The molecule has 1 N–H and O–H groups in total. The molecule has 0 saturated heterocycles. The van der Waals surface area contributed by atoms with Gasteiger partial charge < -0.3 is 10.2 Å². The Hall–Kier alpha value is -1.20. The Labute approximate surface area is 151 Å². The van der Waals surface area contributed by atoms with Crippen LogP contribution in [0.15, 0.2) is 23.1 Å². The third-order valence-electron chi connectivity index (χ3n) is 5.07. The van der Waals surface area contributed by atoms with Crippen molar-refractivity contribution >= 4 is 40.9 Å². The fourth-order valence-corrected chi connectivity index (χ4v) is 5.02. The molecule has 2 amide bonds. The summed E-state index contributed by atoms with van der Waals surface area (Å²) in [6.45, 7) is 0. The minimum atomic E-state index is -0.353. The third-order valence-corrected chi connectivity index (χ3v) is 6.58. The fourth-order valence-electron chi connectivity index (χ4n) is 3.76. The van der Waals surface area contributed by atoms with E-state index in [9.17, 15) is 9.59 Å². The van der Waals surface area contributed by atoms with Gasteiger partial charge in [0.15, 0.2) is 0 Å². The van der Waals surface area contributed by atoms with Gasteiger partial charge >= 0.3 is 0 Å². The molecular formula is C18H21ClN2O2S. The molecule has 0 bridgehead atoms. The van der Waals surface area contributed by atoms with E-state index in [2.05, 4.69) is 10.2 Å². The van der Waals surface area contributed by atoms with Crippen molar-refractivity contribution in [2.45, 2.75) is 67.2 Å². The molecule has 0 radical (unpaired) electrons. The first kappa shape index (κ1) is 16.3. The van der Waals surface area contributed by atoms with Crippen LogP contribution in [0.5, 0.6) is 0 Å². The summed E-state index contributed by atoms with van der Waals surface area (Å²) in [6, 6.07) is 6.30. The van der Waals surface area contributed by atoms with Crippen LogP contribution >= 0.6 is 23.4 Å². The Balaban J connectivity index is 1.47. The van der Waals surface area contributed by atoms with Crippen LogP contribution in [-0.4, -0.2) is 34.0 Å². The van der Waals surface area contributed by atoms with E-state index in [1.165, 1.54) is 24.6 Å². The molecule has 1 unspecified atom stereocenters. The molecule has 2 aliphatic carbocycles. The molecule has 6 heteroatoms. The molecule has 3 aliphatic rings. The molecule has 1 aliphatic heterocycles. The monoisotopic (exact) mass is 364 g/mol. The number of nitrogens with zero attached hydrogens (tertiary/aromatic N) is 1. The molecular weight excluding hydrogens is 344 g/mol. The molecule has 0 spiro atoms. The molecule has 2 saturated carbocycles. The second-order valence-electron chi connectivity index (χ2n) is 6.91. The minimum absolute atomic E-state index is 0.0923. The van der Waals surface area contributed by atoms with E-state index in [1.54, 1.807) is 6.07 Å². The van der Waals surface area contributed by atoms with Gasteiger partial charge in [0.1, 0.15) is 0 Å². The first-order valence-electron chi connectivity index (χ1n) is 8.70. The maximum Gasteiger partial charge on any atom is 0.238 e. The Morgan fingerprint density at radius 2 is 1.92 bits per heavy atom. The van der Waals surface area contributed by atoms with E-state index in [0.717, 1.165) is 36.3 Å². The van der Waals surface area contributed by atoms with Crippen molar-refractivity contribution in [3.05, 3.63) is 23.2 Å². The molecule has 1 atom stereocenters. The third kappa shape index (κ3) is 3.29. The van der Waals surface area contributed by atoms with Gasteiger partial charge in [-0.15, -0.1) is 11.8 Å². The van der Waals surface area contributed by atoms with Crippen LogP contribution < -0.4 is 5.32 Å². The normalized spacial score (nSPS) is 23.7. The maximum absolute atomic E-state index is 12.9. The number of carbonyl (C=O) groups excluding carboxylic acids is 2. The number of anilines is 1. The summed E-state index contributed by atoms with van der Waals surface area (Å²) >= 11 is 7.46. The number of amides is 2. The molecule has 4 rings (SSSR count). The molecule has 1 aromatic carbocycles. The van der Waals surface area contributed by atoms with E-state index >= 15 is 0 Å². The summed E-state index contributed by atoms with van der Waals surface area (Å²) in [4.78, 5) is 28.4. The van der Waals surface area contributed by atoms with E-state index in [-0.39, 0.29) is 23.5 Å². The molecule has 24 heavy (non-hydrogen) atoms. The second kappa shape index (κ2) is 6.60. The lowest BCUT2D eigenvalue weighted by atomic mass is 10.1. The van der Waals surface area contributed by atoms with Crippen LogP contribution in [0.25, 0.3) is 0 Å². The Kier molecular flexibility index (Phi) is 4.48. The van der Waals surface area contributed by atoms with Gasteiger partial charge in [-0.25, -0.2) is 0 Å².